The summed E-state index contributed by atoms with van der Waals surface area (Å²) < 4.78 is 36.5. The van der Waals surface area contributed by atoms with Crippen LogP contribution in [0, 0.1) is 0 Å². The van der Waals surface area contributed by atoms with Crippen molar-refractivity contribution in [2.75, 3.05) is 6.26 Å². The second kappa shape index (κ2) is 36.0. The van der Waals surface area contributed by atoms with E-state index in [2.05, 4.69) is 320 Å². The maximum absolute atomic E-state index is 12.2. The van der Waals surface area contributed by atoms with Gasteiger partial charge in [-0.25, -0.2) is 19.9 Å². The number of nitrogens with one attached hydrogen (secondary N) is 2. The number of rotatable bonds is 17. The third-order valence-corrected chi connectivity index (χ3v) is 23.3. The lowest BCUT2D eigenvalue weighted by atomic mass is 9.76. The second-order valence-electron chi connectivity index (χ2n) is 29.7. The zero-order chi connectivity index (χ0) is 85.5. The average molecular weight is 1730 g/mol. The number of benzene rings is 9. The van der Waals surface area contributed by atoms with Crippen LogP contribution in [0.25, 0.3) is 88.3 Å². The van der Waals surface area contributed by atoms with Gasteiger partial charge >= 0.3 is 17.2 Å². The Morgan fingerprint density at radius 1 is 0.349 bits per heavy atom. The van der Waals surface area contributed by atoms with E-state index in [4.69, 9.17) is 29.2 Å². The van der Waals surface area contributed by atoms with Gasteiger partial charge in [-0.1, -0.05) is 273 Å². The van der Waals surface area contributed by atoms with Gasteiger partial charge in [0, 0.05) is 126 Å². The molecule has 12 aromatic heterocycles. The molecular formula is C103H76B2BrN12O7S. The molecule has 21 aromatic rings. The first-order chi connectivity index (χ1) is 61.2. The van der Waals surface area contributed by atoms with Gasteiger partial charge in [-0.05, 0) is 144 Å². The lowest BCUT2D eigenvalue weighted by molar-refractivity contribution is 0.425. The highest BCUT2D eigenvalue weighted by Gasteiger charge is 2.45. The fourth-order valence-electron chi connectivity index (χ4n) is 17.3. The summed E-state index contributed by atoms with van der Waals surface area (Å²) in [6, 6.07) is 123. The van der Waals surface area contributed by atoms with E-state index in [0.29, 0.717) is 11.3 Å². The van der Waals surface area contributed by atoms with Gasteiger partial charge < -0.3 is 37.9 Å². The molecule has 0 bridgehead atoms. The van der Waals surface area contributed by atoms with E-state index < -0.39 is 33.9 Å². The molecule has 0 saturated heterocycles. The van der Waals surface area contributed by atoms with Crippen LogP contribution in [0.5, 0.6) is 5.88 Å². The molecular weight excluding hydrogens is 1650 g/mol. The van der Waals surface area contributed by atoms with Crippen LogP contribution in [0.15, 0.2) is 434 Å². The first kappa shape index (κ1) is 82.9. The van der Waals surface area contributed by atoms with Crippen LogP contribution in [0.3, 0.4) is 0 Å². The van der Waals surface area contributed by atoms with Crippen LogP contribution < -0.4 is 20.8 Å². The van der Waals surface area contributed by atoms with Gasteiger partial charge in [0.05, 0.1) is 34.2 Å². The summed E-state index contributed by atoms with van der Waals surface area (Å²) in [5.74, 6) is -0.0150. The quantitative estimate of drug-likeness (QED) is 0.0286. The topological polar surface area (TPSA) is 255 Å². The van der Waals surface area contributed by atoms with Crippen LogP contribution >= 0.6 is 15.9 Å². The van der Waals surface area contributed by atoms with Crippen LogP contribution in [0.2, 0.25) is 0 Å². The van der Waals surface area contributed by atoms with Gasteiger partial charge in [-0.2, -0.15) is 8.42 Å². The number of halogens is 1. The average Bonchev–Trinajstić information content (AvgIpc) is 1.51. The molecule has 126 heavy (non-hydrogen) atoms. The summed E-state index contributed by atoms with van der Waals surface area (Å²) in [7, 11) is -5.31. The Labute approximate surface area is 735 Å². The van der Waals surface area contributed by atoms with Crippen molar-refractivity contribution in [3.8, 4) is 28.4 Å². The Kier molecular flexibility index (Phi) is 23.7. The molecule has 0 spiro atoms. The van der Waals surface area contributed by atoms with Crippen LogP contribution in [-0.2, 0) is 26.7 Å². The lowest BCUT2D eigenvalue weighted by Gasteiger charge is -2.38. The maximum Gasteiger partial charge on any atom is 0.488 e. The monoisotopic (exact) mass is 1730 g/mol. The molecule has 3 radical (unpaired) electrons. The molecule has 9 aromatic carbocycles. The van der Waals surface area contributed by atoms with Crippen molar-refractivity contribution < 1.29 is 22.6 Å². The number of H-pyrrole nitrogens is 2. The van der Waals surface area contributed by atoms with E-state index in [0.717, 1.165) is 127 Å². The lowest BCUT2D eigenvalue weighted by Crippen LogP contribution is -2.37. The summed E-state index contributed by atoms with van der Waals surface area (Å²) in [6.45, 7) is 0. The summed E-state index contributed by atoms with van der Waals surface area (Å²) >= 11 is 3.62. The predicted octanol–water partition coefficient (Wildman–Crippen LogP) is 18.5. The van der Waals surface area contributed by atoms with Crippen molar-refractivity contribution in [3.05, 3.63) is 495 Å². The number of aromatic nitrogens is 12. The Bertz CT molecular complexity index is 7380. The van der Waals surface area contributed by atoms with Gasteiger partial charge in [0.1, 0.15) is 38.2 Å². The largest absolute Gasteiger partial charge is 0.488 e. The molecule has 0 aliphatic carbocycles. The molecule has 23 heteroatoms. The van der Waals surface area contributed by atoms with E-state index in [9.17, 15) is 18.0 Å². The number of aromatic amines is 2. The van der Waals surface area contributed by atoms with Gasteiger partial charge in [-0.3, -0.25) is 24.5 Å². The van der Waals surface area contributed by atoms with Gasteiger partial charge in [-0.15, -0.1) is 0 Å². The molecule has 0 atom stereocenters. The molecule has 0 aliphatic rings. The highest BCUT2D eigenvalue weighted by Crippen LogP contribution is 2.50. The predicted molar refractivity (Wildman–Crippen MR) is 504 cm³/mol. The third kappa shape index (κ3) is 15.6. The minimum atomic E-state index is -3.74. The summed E-state index contributed by atoms with van der Waals surface area (Å²) in [5.41, 5.74) is 15.9. The fraction of sp³-hybridized carbons (Fsp3) is 0.0388. The van der Waals surface area contributed by atoms with E-state index in [1.165, 1.54) is 35.2 Å². The van der Waals surface area contributed by atoms with Gasteiger partial charge in [0.2, 0.25) is 17.0 Å². The molecule has 609 valence electrons. The zero-order valence-electron chi connectivity index (χ0n) is 67.7. The SMILES string of the molecule is Brc1ccc2c3cnccc3n(C(c3ccccc3)(c3ccccc3)c3ccccc3)c2n1.CS(=O)(=O)Oc1cc(-c2ccc3c4cnccc4n(C(c4ccccc4)(c4ccccc4)c4ccccc4)c3n2)ccn1.O=c1cc(-c2ccc3c4cnccc4n(C(c4ccccc4)(c4ccccc4)c4ccccc4)c3n2)cc[nH]1.O=c1cc(B(O)O)cc[nH]1.[B]. The molecule has 0 amide bonds. The molecule has 12 heterocycles. The molecule has 0 saturated carbocycles. The van der Waals surface area contributed by atoms with Crippen molar-refractivity contribution >= 4 is 113 Å². The Morgan fingerprint density at radius 3 is 0.952 bits per heavy atom. The molecule has 0 fully saturated rings. The van der Waals surface area contributed by atoms with E-state index in [1.807, 2.05) is 110 Å². The molecule has 21 rings (SSSR count). The maximum atomic E-state index is 12.2. The highest BCUT2D eigenvalue weighted by atomic mass is 79.9. The molecule has 4 N–H and O–H groups in total. The number of hydrogen-bond acceptors (Lipinski definition) is 14. The zero-order valence-corrected chi connectivity index (χ0v) is 70.1. The van der Waals surface area contributed by atoms with Crippen molar-refractivity contribution in [3.63, 3.8) is 0 Å². The second-order valence-corrected chi connectivity index (χ2v) is 32.1. The number of nitrogens with zero attached hydrogens (tertiary/aromatic N) is 10. The summed E-state index contributed by atoms with van der Waals surface area (Å²) in [4.78, 5) is 60.7. The van der Waals surface area contributed by atoms with Crippen molar-refractivity contribution in [1.82, 2.24) is 58.6 Å². The Morgan fingerprint density at radius 2 is 0.651 bits per heavy atom. The van der Waals surface area contributed by atoms with E-state index in [-0.39, 0.29) is 30.9 Å². The Hall–Kier alpha value is -15.4. The molecule has 19 nitrogen and oxygen atoms in total. The van der Waals surface area contributed by atoms with Crippen molar-refractivity contribution in [1.29, 1.82) is 0 Å². The van der Waals surface area contributed by atoms with Crippen LogP contribution in [0.4, 0.5) is 0 Å². The molecule has 0 unspecified atom stereocenters. The van der Waals surface area contributed by atoms with Crippen LogP contribution in [-0.4, -0.2) is 98.8 Å². The fourth-order valence-corrected chi connectivity index (χ4v) is 18.0. The number of hydrogen-bond donors (Lipinski definition) is 4. The number of pyridine rings is 9. The smallest absolute Gasteiger partial charge is 0.423 e. The minimum absolute atomic E-state index is 0. The first-order valence-corrected chi connectivity index (χ1v) is 42.8. The highest BCUT2D eigenvalue weighted by molar-refractivity contribution is 9.10. The summed E-state index contributed by atoms with van der Waals surface area (Å²) in [6.07, 6.45) is 16.8. The van der Waals surface area contributed by atoms with Gasteiger partial charge in [0.25, 0.3) is 0 Å². The van der Waals surface area contributed by atoms with E-state index >= 15 is 0 Å². The van der Waals surface area contributed by atoms with Crippen molar-refractivity contribution in [2.24, 2.45) is 0 Å². The minimum Gasteiger partial charge on any atom is -0.423 e. The third-order valence-electron chi connectivity index (χ3n) is 22.4. The van der Waals surface area contributed by atoms with E-state index in [1.54, 1.807) is 24.4 Å². The normalized spacial score (nSPS) is 11.6. The Balaban J connectivity index is 0.000000126. The van der Waals surface area contributed by atoms with Crippen molar-refractivity contribution in [2.45, 2.75) is 16.6 Å². The first-order valence-electron chi connectivity index (χ1n) is 40.2. The molecule has 0 aliphatic heterocycles. The van der Waals surface area contributed by atoms with Gasteiger partial charge in [0.15, 0.2) is 0 Å². The summed E-state index contributed by atoms with van der Waals surface area (Å²) in [5, 5.41) is 23.2. The standard InChI is InChI=1S/C35H26N4O3S.C34H24N4O.C29H20BrN3.C5H6BNO3.B/c1-43(40,41)42-33-23-25(19-22-37-33)31-18-17-29-30-24-36-21-20-32(30)39(34(29)38-31)35(26-11-5-2-6-12-26,27-13-7-3-8-14-27)28-15-9-4-10-16-28;39-32-22-24(18-21-36-32)30-17-16-28-29-23-35-20-19-31(29)38(33(28)37-30)34(25-10-4-1-5-11-25,26-12-6-2-7-13-26)27-14-8-3-9-15-27;30-27-17-16-24-25-20-31-19-18-26(25)33(28(24)32-27)29(21-10-4-1-5-11-21,22-12-6-2-7-13-22)23-14-8-3-9-15-23;8-5-3-4(6(9)10)1-2-7-5;/h2-24H,1H3;1-23H,(H,36,39);1-20H;1-3,9-10H,(H,7,8);. The van der Waals surface area contributed by atoms with Crippen LogP contribution in [0.1, 0.15) is 50.1 Å². The number of fused-ring (bicyclic) bond motifs is 9.